The van der Waals surface area contributed by atoms with E-state index in [0.717, 1.165) is 5.56 Å². The molecule has 0 aliphatic rings. The highest BCUT2D eigenvalue weighted by atomic mass is 16.5. The van der Waals surface area contributed by atoms with Gasteiger partial charge in [0.05, 0.1) is 0 Å². The monoisotopic (exact) mass is 438 g/mol. The first-order valence-corrected chi connectivity index (χ1v) is 11.7. The van der Waals surface area contributed by atoms with E-state index in [1.807, 2.05) is 61.5 Å². The van der Waals surface area contributed by atoms with Crippen LogP contribution < -0.4 is 10.1 Å². The maximum atomic E-state index is 13.2. The van der Waals surface area contributed by atoms with Gasteiger partial charge in [0.1, 0.15) is 11.8 Å². The lowest BCUT2D eigenvalue weighted by Gasteiger charge is -2.30. The maximum Gasteiger partial charge on any atom is 0.261 e. The largest absolute Gasteiger partial charge is 0.484 e. The molecule has 0 fully saturated rings. The number of carbonyl (C=O) groups is 2. The number of hydrogen-bond donors (Lipinski definition) is 1. The van der Waals surface area contributed by atoms with Gasteiger partial charge in [0.2, 0.25) is 5.91 Å². The third kappa shape index (κ3) is 8.03. The van der Waals surface area contributed by atoms with Crippen LogP contribution in [-0.4, -0.2) is 42.5 Å². The average Bonchev–Trinajstić information content (AvgIpc) is 2.79. The Labute approximate surface area is 193 Å². The summed E-state index contributed by atoms with van der Waals surface area (Å²) in [4.78, 5) is 27.7. The molecule has 0 aromatic heterocycles. The summed E-state index contributed by atoms with van der Waals surface area (Å²) in [6.07, 6.45) is 1.23. The van der Waals surface area contributed by atoms with Crippen LogP contribution in [-0.2, 0) is 16.0 Å². The van der Waals surface area contributed by atoms with Crippen molar-refractivity contribution < 1.29 is 14.3 Å². The molecule has 0 aliphatic carbocycles. The molecule has 0 unspecified atom stereocenters. The number of amides is 2. The maximum absolute atomic E-state index is 13.2. The van der Waals surface area contributed by atoms with Crippen LogP contribution in [0.5, 0.6) is 5.75 Å². The number of hydrogen-bond acceptors (Lipinski definition) is 3. The summed E-state index contributed by atoms with van der Waals surface area (Å²) in [5.74, 6) is 1.16. The van der Waals surface area contributed by atoms with Crippen molar-refractivity contribution >= 4 is 11.8 Å². The summed E-state index contributed by atoms with van der Waals surface area (Å²) in [5.41, 5.74) is 2.36. The fraction of sp³-hybridized carbons (Fsp3) is 0.481. The Morgan fingerprint density at radius 2 is 1.62 bits per heavy atom. The molecule has 2 amide bonds. The second-order valence-electron chi connectivity index (χ2n) is 8.90. The summed E-state index contributed by atoms with van der Waals surface area (Å²) >= 11 is 0. The molecule has 0 heterocycles. The Hall–Kier alpha value is -2.82. The van der Waals surface area contributed by atoms with Gasteiger partial charge in [0.15, 0.2) is 6.61 Å². The van der Waals surface area contributed by atoms with Crippen molar-refractivity contribution in [3.05, 3.63) is 65.7 Å². The van der Waals surface area contributed by atoms with Gasteiger partial charge in [0.25, 0.3) is 5.91 Å². The zero-order valence-electron chi connectivity index (χ0n) is 20.1. The van der Waals surface area contributed by atoms with Gasteiger partial charge in [0, 0.05) is 13.1 Å². The lowest BCUT2D eigenvalue weighted by molar-refractivity contribution is -0.142. The fourth-order valence-corrected chi connectivity index (χ4v) is 3.50. The van der Waals surface area contributed by atoms with Crippen LogP contribution >= 0.6 is 0 Å². The average molecular weight is 439 g/mol. The number of ether oxygens (including phenoxy) is 1. The van der Waals surface area contributed by atoms with E-state index in [2.05, 4.69) is 33.0 Å². The number of benzene rings is 2. The van der Waals surface area contributed by atoms with E-state index in [9.17, 15) is 9.59 Å². The van der Waals surface area contributed by atoms with Gasteiger partial charge in [-0.2, -0.15) is 0 Å². The van der Waals surface area contributed by atoms with Gasteiger partial charge in [-0.15, -0.1) is 0 Å². The van der Waals surface area contributed by atoms with E-state index < -0.39 is 6.04 Å². The molecule has 5 heteroatoms. The van der Waals surface area contributed by atoms with Gasteiger partial charge in [-0.05, 0) is 47.9 Å². The smallest absolute Gasteiger partial charge is 0.261 e. The Morgan fingerprint density at radius 3 is 2.19 bits per heavy atom. The van der Waals surface area contributed by atoms with Crippen LogP contribution in [0.25, 0.3) is 0 Å². The minimum atomic E-state index is -0.517. The van der Waals surface area contributed by atoms with Crippen molar-refractivity contribution in [1.82, 2.24) is 10.2 Å². The van der Waals surface area contributed by atoms with Crippen molar-refractivity contribution in [1.29, 1.82) is 0 Å². The normalized spacial score (nSPS) is 12.0. The summed E-state index contributed by atoms with van der Waals surface area (Å²) in [6.45, 7) is 11.3. The Bertz CT molecular complexity index is 832. The summed E-state index contributed by atoms with van der Waals surface area (Å²) in [7, 11) is 0. The molecule has 1 N–H and O–H groups in total. The van der Waals surface area contributed by atoms with Crippen LogP contribution in [0, 0.1) is 5.92 Å². The van der Waals surface area contributed by atoms with Gasteiger partial charge in [-0.3, -0.25) is 9.59 Å². The van der Waals surface area contributed by atoms with Crippen molar-refractivity contribution in [3.8, 4) is 5.75 Å². The number of nitrogens with zero attached hydrogens (tertiary/aromatic N) is 1. The Morgan fingerprint density at radius 1 is 0.969 bits per heavy atom. The number of carbonyl (C=O) groups excluding carboxylic acids is 2. The predicted octanol–water partition coefficient (Wildman–Crippen LogP) is 4.81. The number of nitrogens with one attached hydrogen (secondary N) is 1. The molecule has 174 valence electrons. The van der Waals surface area contributed by atoms with Gasteiger partial charge in [-0.25, -0.2) is 0 Å². The van der Waals surface area contributed by atoms with E-state index in [1.54, 1.807) is 4.90 Å². The zero-order chi connectivity index (χ0) is 23.5. The predicted molar refractivity (Wildman–Crippen MR) is 130 cm³/mol. The summed E-state index contributed by atoms with van der Waals surface area (Å²) in [6, 6.07) is 17.3. The van der Waals surface area contributed by atoms with Crippen LogP contribution in [0.4, 0.5) is 0 Å². The molecule has 0 aliphatic heterocycles. The highest BCUT2D eigenvalue weighted by molar-refractivity contribution is 5.88. The van der Waals surface area contributed by atoms with Gasteiger partial charge >= 0.3 is 0 Å². The minimum absolute atomic E-state index is 0.0935. The second-order valence-corrected chi connectivity index (χ2v) is 8.90. The standard InChI is InChI=1S/C27H38N2O3/c1-6-25(27(31)28-18-20(2)3)29(17-16-22-10-8-7-9-11-22)26(30)19-32-24-14-12-23(13-15-24)21(4)5/h7-15,20-21,25H,6,16-19H2,1-5H3,(H,28,31)/t25-/m0/s1. The lowest BCUT2D eigenvalue weighted by Crippen LogP contribution is -2.51. The first kappa shape index (κ1) is 25.4. The molecular formula is C27H38N2O3. The summed E-state index contributed by atoms with van der Waals surface area (Å²) in [5, 5.41) is 2.98. The zero-order valence-corrected chi connectivity index (χ0v) is 20.1. The van der Waals surface area contributed by atoms with Crippen LogP contribution in [0.15, 0.2) is 54.6 Å². The van der Waals surface area contributed by atoms with Crippen molar-refractivity contribution in [3.63, 3.8) is 0 Å². The van der Waals surface area contributed by atoms with Crippen molar-refractivity contribution in [2.45, 2.75) is 59.4 Å². The fourth-order valence-electron chi connectivity index (χ4n) is 3.50. The van der Waals surface area contributed by atoms with E-state index in [1.165, 1.54) is 5.56 Å². The third-order valence-electron chi connectivity index (χ3n) is 5.46. The van der Waals surface area contributed by atoms with E-state index >= 15 is 0 Å². The summed E-state index contributed by atoms with van der Waals surface area (Å²) < 4.78 is 5.79. The van der Waals surface area contributed by atoms with Gasteiger partial charge < -0.3 is 15.0 Å². The molecule has 32 heavy (non-hydrogen) atoms. The van der Waals surface area contributed by atoms with Crippen molar-refractivity contribution in [2.24, 2.45) is 5.92 Å². The molecule has 0 radical (unpaired) electrons. The van der Waals surface area contributed by atoms with E-state index in [-0.39, 0.29) is 18.4 Å². The first-order chi connectivity index (χ1) is 15.3. The SMILES string of the molecule is CC[C@@H](C(=O)NCC(C)C)N(CCc1ccccc1)C(=O)COc1ccc(C(C)C)cc1. The molecule has 0 saturated heterocycles. The molecular weight excluding hydrogens is 400 g/mol. The molecule has 2 aromatic rings. The molecule has 2 aromatic carbocycles. The van der Waals surface area contributed by atoms with Crippen LogP contribution in [0.3, 0.4) is 0 Å². The molecule has 0 spiro atoms. The van der Waals surface area contributed by atoms with Gasteiger partial charge in [-0.1, -0.05) is 77.1 Å². The lowest BCUT2D eigenvalue weighted by atomic mass is 10.0. The molecule has 0 saturated carbocycles. The molecule has 5 nitrogen and oxygen atoms in total. The quantitative estimate of drug-likeness (QED) is 0.517. The molecule has 0 bridgehead atoms. The van der Waals surface area contributed by atoms with Crippen molar-refractivity contribution in [2.75, 3.05) is 19.7 Å². The molecule has 1 atom stereocenters. The minimum Gasteiger partial charge on any atom is -0.484 e. The highest BCUT2D eigenvalue weighted by Crippen LogP contribution is 2.19. The van der Waals surface area contributed by atoms with Crippen LogP contribution in [0.2, 0.25) is 0 Å². The molecule has 2 rings (SSSR count). The number of rotatable bonds is 12. The highest BCUT2D eigenvalue weighted by Gasteiger charge is 2.28. The van der Waals surface area contributed by atoms with Crippen LogP contribution in [0.1, 0.15) is 58.1 Å². The van der Waals surface area contributed by atoms with E-state index in [4.69, 9.17) is 4.74 Å². The Kier molecular flexibility index (Phi) is 10.3. The first-order valence-electron chi connectivity index (χ1n) is 11.7. The third-order valence-corrected chi connectivity index (χ3v) is 5.46. The Balaban J connectivity index is 2.09. The second kappa shape index (κ2) is 12.9. The topological polar surface area (TPSA) is 58.6 Å². The van der Waals surface area contributed by atoms with E-state index in [0.29, 0.717) is 43.5 Å².